The van der Waals surface area contributed by atoms with E-state index in [1.54, 1.807) is 6.92 Å². The van der Waals surface area contributed by atoms with Crippen molar-refractivity contribution < 1.29 is 27.5 Å². The molecule has 3 heterocycles. The van der Waals surface area contributed by atoms with Gasteiger partial charge in [0.15, 0.2) is 10.7 Å². The summed E-state index contributed by atoms with van der Waals surface area (Å²) in [6.45, 7) is 1.80. The van der Waals surface area contributed by atoms with E-state index in [1.807, 2.05) is 5.38 Å². The third-order valence-corrected chi connectivity index (χ3v) is 8.67. The van der Waals surface area contributed by atoms with Crippen LogP contribution >= 0.6 is 11.3 Å². The second-order valence-corrected chi connectivity index (χ2v) is 10.9. The average Bonchev–Trinajstić information content (AvgIpc) is 3.51. The van der Waals surface area contributed by atoms with E-state index in [4.69, 9.17) is 4.74 Å². The number of hydrogen-bond acceptors (Lipinski definition) is 6. The number of ether oxygens (including phenoxy) is 1. The van der Waals surface area contributed by atoms with Crippen LogP contribution in [0.15, 0.2) is 34.4 Å². The molecular formula is C27H27F3N2O4S. The molecule has 2 unspecified atom stereocenters. The molecule has 1 aliphatic heterocycles. The summed E-state index contributed by atoms with van der Waals surface area (Å²) < 4.78 is 47.5. The van der Waals surface area contributed by atoms with Crippen molar-refractivity contribution in [2.45, 2.75) is 70.3 Å². The normalized spacial score (nSPS) is 22.8. The molecule has 10 heteroatoms. The van der Waals surface area contributed by atoms with Crippen molar-refractivity contribution in [3.8, 4) is 0 Å². The van der Waals surface area contributed by atoms with Gasteiger partial charge in [0.05, 0.1) is 11.3 Å². The summed E-state index contributed by atoms with van der Waals surface area (Å²) in [7, 11) is 0. The number of cyclic esters (lactones) is 1. The van der Waals surface area contributed by atoms with Crippen molar-refractivity contribution in [1.29, 1.82) is 0 Å². The first-order valence-corrected chi connectivity index (χ1v) is 13.3. The number of Topliss-reactive ketones (excluding diaryl/α,β-unsaturated/α-hetero) is 1. The lowest BCUT2D eigenvalue weighted by molar-refractivity contribution is -0.185. The molecule has 0 amide bonds. The van der Waals surface area contributed by atoms with Crippen molar-refractivity contribution in [1.82, 2.24) is 9.38 Å². The molecule has 0 spiro atoms. The van der Waals surface area contributed by atoms with Crippen LogP contribution in [0.25, 0.3) is 4.96 Å². The third-order valence-electron chi connectivity index (χ3n) is 7.73. The van der Waals surface area contributed by atoms with Crippen LogP contribution < -0.4 is 5.56 Å². The molecule has 0 radical (unpaired) electrons. The fourth-order valence-electron chi connectivity index (χ4n) is 5.75. The van der Waals surface area contributed by atoms with E-state index < -0.39 is 35.3 Å². The number of esters is 1. The maximum Gasteiger partial charge on any atom is 0.317 e. The molecular weight excluding hydrogens is 505 g/mol. The maximum atomic E-state index is 14.1. The van der Waals surface area contributed by atoms with Gasteiger partial charge in [0.1, 0.15) is 17.3 Å². The molecule has 1 aromatic carbocycles. The Balaban J connectivity index is 1.36. The molecule has 5 rings (SSSR count). The first-order valence-electron chi connectivity index (χ1n) is 12.5. The second kappa shape index (κ2) is 10.0. The first kappa shape index (κ1) is 25.6. The molecule has 0 bridgehead atoms. The number of aromatic nitrogens is 2. The standard InChI is InChI=1S/C27H27F3N2O4S/c1-15-14-37-26-31-18(12-23(34)32(15)26)11-20-22(33)13-27(36-25(20)35,17-4-2-3-5-17)9-8-16-6-7-19(24(29)30)21(28)10-16/h6-7,10,12,14,17,20,24H,2-5,8-9,11,13H2,1H3. The molecule has 3 aromatic rings. The summed E-state index contributed by atoms with van der Waals surface area (Å²) >= 11 is 1.31. The number of halogens is 3. The maximum absolute atomic E-state index is 14.1. The number of aryl methyl sites for hydroxylation is 2. The van der Waals surface area contributed by atoms with Crippen molar-refractivity contribution >= 4 is 28.1 Å². The SMILES string of the molecule is Cc1csc2nc(CC3C(=O)CC(CCc4ccc(C(F)F)c(F)c4)(C4CCCC4)OC3=O)cc(=O)n12. The lowest BCUT2D eigenvalue weighted by Gasteiger charge is -2.43. The number of benzene rings is 1. The number of fused-ring (bicyclic) bond motifs is 1. The van der Waals surface area contributed by atoms with Crippen LogP contribution in [0, 0.1) is 24.6 Å². The molecule has 1 saturated carbocycles. The molecule has 37 heavy (non-hydrogen) atoms. The number of carbonyl (C=O) groups excluding carboxylic acids is 2. The van der Waals surface area contributed by atoms with Crippen LogP contribution in [0.1, 0.15) is 67.5 Å². The second-order valence-electron chi connectivity index (χ2n) is 10.1. The first-order chi connectivity index (χ1) is 17.7. The average molecular weight is 533 g/mol. The fourth-order valence-corrected chi connectivity index (χ4v) is 6.64. The zero-order valence-corrected chi connectivity index (χ0v) is 21.2. The predicted octanol–water partition coefficient (Wildman–Crippen LogP) is 5.38. The minimum atomic E-state index is -2.90. The highest BCUT2D eigenvalue weighted by atomic mass is 32.1. The molecule has 0 N–H and O–H groups in total. The minimum Gasteiger partial charge on any atom is -0.458 e. The Labute approximate surface area is 215 Å². The Morgan fingerprint density at radius 1 is 1.19 bits per heavy atom. The summed E-state index contributed by atoms with van der Waals surface area (Å²) in [6, 6.07) is 4.97. The number of nitrogens with zero attached hydrogens (tertiary/aromatic N) is 2. The molecule has 2 fully saturated rings. The third kappa shape index (κ3) is 4.95. The summed E-state index contributed by atoms with van der Waals surface area (Å²) in [5.74, 6) is -2.91. The Kier molecular flexibility index (Phi) is 6.95. The van der Waals surface area contributed by atoms with Crippen LogP contribution in [-0.4, -0.2) is 26.7 Å². The van der Waals surface area contributed by atoms with Gasteiger partial charge in [-0.15, -0.1) is 11.3 Å². The highest BCUT2D eigenvalue weighted by Crippen LogP contribution is 2.45. The molecule has 6 nitrogen and oxygen atoms in total. The van der Waals surface area contributed by atoms with Gasteiger partial charge in [-0.05, 0) is 50.2 Å². The van der Waals surface area contributed by atoms with Gasteiger partial charge in [0, 0.05) is 30.0 Å². The highest BCUT2D eigenvalue weighted by molar-refractivity contribution is 7.15. The lowest BCUT2D eigenvalue weighted by atomic mass is 9.73. The van der Waals surface area contributed by atoms with Crippen LogP contribution in [0.4, 0.5) is 13.2 Å². The Bertz CT molecular complexity index is 1390. The number of hydrogen-bond donors (Lipinski definition) is 0. The molecule has 1 aliphatic carbocycles. The number of carbonyl (C=O) groups is 2. The van der Waals surface area contributed by atoms with Gasteiger partial charge in [-0.2, -0.15) is 0 Å². The Hall–Kier alpha value is -3.01. The van der Waals surface area contributed by atoms with E-state index in [0.717, 1.165) is 43.5 Å². The van der Waals surface area contributed by atoms with Gasteiger partial charge in [-0.25, -0.2) is 18.2 Å². The summed E-state index contributed by atoms with van der Waals surface area (Å²) in [6.07, 6.45) is 1.27. The topological polar surface area (TPSA) is 77.7 Å². The van der Waals surface area contributed by atoms with Crippen LogP contribution in [0.5, 0.6) is 0 Å². The zero-order chi connectivity index (χ0) is 26.3. The van der Waals surface area contributed by atoms with E-state index >= 15 is 0 Å². The zero-order valence-electron chi connectivity index (χ0n) is 20.3. The largest absolute Gasteiger partial charge is 0.458 e. The number of alkyl halides is 2. The van der Waals surface area contributed by atoms with E-state index in [-0.39, 0.29) is 36.5 Å². The van der Waals surface area contributed by atoms with Crippen LogP contribution in [0.3, 0.4) is 0 Å². The Morgan fingerprint density at radius 2 is 1.95 bits per heavy atom. The highest BCUT2D eigenvalue weighted by Gasteiger charge is 2.51. The van der Waals surface area contributed by atoms with E-state index in [0.29, 0.717) is 22.6 Å². The van der Waals surface area contributed by atoms with Crippen molar-refractivity contribution in [3.05, 3.63) is 68.3 Å². The number of thiazole rings is 1. The van der Waals surface area contributed by atoms with E-state index in [9.17, 15) is 27.6 Å². The van der Waals surface area contributed by atoms with Gasteiger partial charge < -0.3 is 4.74 Å². The van der Waals surface area contributed by atoms with E-state index in [2.05, 4.69) is 4.98 Å². The van der Waals surface area contributed by atoms with Gasteiger partial charge in [-0.3, -0.25) is 18.8 Å². The van der Waals surface area contributed by atoms with E-state index in [1.165, 1.54) is 27.9 Å². The molecule has 1 saturated heterocycles. The van der Waals surface area contributed by atoms with Gasteiger partial charge in [0.25, 0.3) is 12.0 Å². The van der Waals surface area contributed by atoms with Gasteiger partial charge in [-0.1, -0.05) is 25.0 Å². The van der Waals surface area contributed by atoms with Crippen LogP contribution in [-0.2, 0) is 27.2 Å². The molecule has 2 atom stereocenters. The van der Waals surface area contributed by atoms with Crippen molar-refractivity contribution in [2.24, 2.45) is 11.8 Å². The van der Waals surface area contributed by atoms with Gasteiger partial charge in [0.2, 0.25) is 0 Å². The number of rotatable bonds is 7. The predicted molar refractivity (Wildman–Crippen MR) is 131 cm³/mol. The smallest absolute Gasteiger partial charge is 0.317 e. The summed E-state index contributed by atoms with van der Waals surface area (Å²) in [4.78, 5) is 44.1. The quantitative estimate of drug-likeness (QED) is 0.302. The number of ketones is 1. The monoisotopic (exact) mass is 532 g/mol. The summed E-state index contributed by atoms with van der Waals surface area (Å²) in [5.41, 5.74) is -0.288. The molecule has 2 aromatic heterocycles. The van der Waals surface area contributed by atoms with Crippen LogP contribution in [0.2, 0.25) is 0 Å². The fraction of sp³-hybridized carbons (Fsp3) is 0.481. The molecule has 2 aliphatic rings. The molecule has 196 valence electrons. The minimum absolute atomic E-state index is 0.000234. The van der Waals surface area contributed by atoms with Crippen molar-refractivity contribution in [3.63, 3.8) is 0 Å². The summed E-state index contributed by atoms with van der Waals surface area (Å²) in [5, 5.41) is 1.82. The Morgan fingerprint density at radius 3 is 2.62 bits per heavy atom. The lowest BCUT2D eigenvalue weighted by Crippen LogP contribution is -2.52. The van der Waals surface area contributed by atoms with Crippen molar-refractivity contribution in [2.75, 3.05) is 0 Å². The van der Waals surface area contributed by atoms with Gasteiger partial charge >= 0.3 is 5.97 Å².